The standard InChI is InChI=1S/C13H11N3O4/c17-12(14-8-2-3-8)13-15-11(16-20-13)7-1-4-9-10(5-7)19-6-18-9/h1,4-5,8H,2-3,6H2,(H,14,17). The summed E-state index contributed by atoms with van der Waals surface area (Å²) in [5.41, 5.74) is 0.712. The Morgan fingerprint density at radius 2 is 2.10 bits per heavy atom. The van der Waals surface area contributed by atoms with Crippen LogP contribution in [0.25, 0.3) is 11.4 Å². The quantitative estimate of drug-likeness (QED) is 0.908. The highest BCUT2D eigenvalue weighted by atomic mass is 16.7. The highest BCUT2D eigenvalue weighted by molar-refractivity contribution is 5.90. The van der Waals surface area contributed by atoms with Crippen molar-refractivity contribution in [2.75, 3.05) is 6.79 Å². The van der Waals surface area contributed by atoms with Crippen LogP contribution < -0.4 is 14.8 Å². The Hall–Kier alpha value is -2.57. The topological polar surface area (TPSA) is 86.5 Å². The number of carbonyl (C=O) groups is 1. The molecule has 1 saturated carbocycles. The number of amides is 1. The molecule has 0 saturated heterocycles. The highest BCUT2D eigenvalue weighted by Crippen LogP contribution is 2.35. The van der Waals surface area contributed by atoms with Gasteiger partial charge in [0.1, 0.15) is 0 Å². The molecule has 4 rings (SSSR count). The lowest BCUT2D eigenvalue weighted by Gasteiger charge is -1.97. The SMILES string of the molecule is O=C(NC1CC1)c1nc(-c2ccc3c(c2)OCO3)no1. The van der Waals surface area contributed by atoms with Crippen molar-refractivity contribution < 1.29 is 18.8 Å². The number of hydrogen-bond donors (Lipinski definition) is 1. The van der Waals surface area contributed by atoms with E-state index >= 15 is 0 Å². The van der Waals surface area contributed by atoms with Gasteiger partial charge in [0, 0.05) is 11.6 Å². The number of nitrogens with zero attached hydrogens (tertiary/aromatic N) is 2. The Kier molecular flexibility index (Phi) is 2.38. The molecule has 102 valence electrons. The number of carbonyl (C=O) groups excluding carboxylic acids is 1. The first-order valence-electron chi connectivity index (χ1n) is 6.34. The maximum atomic E-state index is 11.8. The number of nitrogens with one attached hydrogen (secondary N) is 1. The van der Waals surface area contributed by atoms with Crippen LogP contribution in [-0.4, -0.2) is 28.9 Å². The molecule has 1 aliphatic carbocycles. The van der Waals surface area contributed by atoms with Gasteiger partial charge in [-0.15, -0.1) is 0 Å². The van der Waals surface area contributed by atoms with E-state index in [0.717, 1.165) is 12.8 Å². The zero-order valence-electron chi connectivity index (χ0n) is 10.5. The average Bonchev–Trinajstić information content (AvgIpc) is 2.96. The molecular weight excluding hydrogens is 262 g/mol. The summed E-state index contributed by atoms with van der Waals surface area (Å²) in [6.45, 7) is 0.208. The number of fused-ring (bicyclic) bond motifs is 1. The molecule has 1 fully saturated rings. The van der Waals surface area contributed by atoms with Crippen molar-refractivity contribution in [3.05, 3.63) is 24.1 Å². The van der Waals surface area contributed by atoms with E-state index in [9.17, 15) is 4.79 Å². The van der Waals surface area contributed by atoms with E-state index < -0.39 is 0 Å². The summed E-state index contributed by atoms with van der Waals surface area (Å²) in [7, 11) is 0. The largest absolute Gasteiger partial charge is 0.454 e. The molecular formula is C13H11N3O4. The predicted octanol–water partition coefficient (Wildman–Crippen LogP) is 1.36. The summed E-state index contributed by atoms with van der Waals surface area (Å²) >= 11 is 0. The summed E-state index contributed by atoms with van der Waals surface area (Å²) in [6.07, 6.45) is 2.02. The smallest absolute Gasteiger partial charge is 0.316 e. The third-order valence-electron chi connectivity index (χ3n) is 3.16. The zero-order valence-corrected chi connectivity index (χ0v) is 10.5. The lowest BCUT2D eigenvalue weighted by molar-refractivity contribution is 0.0907. The molecule has 7 nitrogen and oxygen atoms in total. The second-order valence-corrected chi connectivity index (χ2v) is 4.74. The summed E-state index contributed by atoms with van der Waals surface area (Å²) in [4.78, 5) is 15.9. The van der Waals surface area contributed by atoms with Crippen LogP contribution in [0.4, 0.5) is 0 Å². The van der Waals surface area contributed by atoms with Crippen molar-refractivity contribution in [3.63, 3.8) is 0 Å². The van der Waals surface area contributed by atoms with E-state index in [1.165, 1.54) is 0 Å². The van der Waals surface area contributed by atoms with Crippen molar-refractivity contribution in [1.29, 1.82) is 0 Å². The maximum Gasteiger partial charge on any atom is 0.316 e. The number of benzene rings is 1. The Bertz CT molecular complexity index is 678. The lowest BCUT2D eigenvalue weighted by Crippen LogP contribution is -2.25. The molecule has 2 aromatic rings. The molecule has 7 heteroatoms. The number of hydrogen-bond acceptors (Lipinski definition) is 6. The Morgan fingerprint density at radius 3 is 2.95 bits per heavy atom. The molecule has 0 atom stereocenters. The second kappa shape index (κ2) is 4.22. The van der Waals surface area contributed by atoms with E-state index in [4.69, 9.17) is 14.0 Å². The van der Waals surface area contributed by atoms with Gasteiger partial charge >= 0.3 is 11.8 Å². The molecule has 2 heterocycles. The van der Waals surface area contributed by atoms with Crippen LogP contribution in [0.5, 0.6) is 11.5 Å². The fourth-order valence-electron chi connectivity index (χ4n) is 1.94. The predicted molar refractivity (Wildman–Crippen MR) is 66.3 cm³/mol. The molecule has 0 spiro atoms. The van der Waals surface area contributed by atoms with Crippen LogP contribution in [0.1, 0.15) is 23.5 Å². The van der Waals surface area contributed by atoms with Crippen molar-refractivity contribution in [1.82, 2.24) is 15.5 Å². The van der Waals surface area contributed by atoms with Crippen LogP contribution >= 0.6 is 0 Å². The number of aromatic nitrogens is 2. The second-order valence-electron chi connectivity index (χ2n) is 4.74. The van der Waals surface area contributed by atoms with Gasteiger partial charge in [0.25, 0.3) is 0 Å². The lowest BCUT2D eigenvalue weighted by atomic mass is 10.2. The molecule has 0 radical (unpaired) electrons. The Labute approximate surface area is 113 Å². The fraction of sp³-hybridized carbons (Fsp3) is 0.308. The molecule has 1 amide bonds. The minimum atomic E-state index is -0.327. The Balaban J connectivity index is 1.59. The first kappa shape index (κ1) is 11.3. The highest BCUT2D eigenvalue weighted by Gasteiger charge is 2.26. The molecule has 1 aromatic heterocycles. The van der Waals surface area contributed by atoms with E-state index in [1.54, 1.807) is 18.2 Å². The molecule has 0 bridgehead atoms. The monoisotopic (exact) mass is 273 g/mol. The van der Waals surface area contributed by atoms with Gasteiger partial charge < -0.3 is 19.3 Å². The van der Waals surface area contributed by atoms with Gasteiger partial charge in [-0.1, -0.05) is 5.16 Å². The number of rotatable bonds is 3. The van der Waals surface area contributed by atoms with E-state index in [-0.39, 0.29) is 24.6 Å². The van der Waals surface area contributed by atoms with Crippen LogP contribution in [0.2, 0.25) is 0 Å². The summed E-state index contributed by atoms with van der Waals surface area (Å²) < 4.78 is 15.5. The van der Waals surface area contributed by atoms with Crippen molar-refractivity contribution in [2.45, 2.75) is 18.9 Å². The van der Waals surface area contributed by atoms with Gasteiger partial charge in [-0.2, -0.15) is 4.98 Å². The Morgan fingerprint density at radius 1 is 1.25 bits per heavy atom. The first-order chi connectivity index (χ1) is 9.79. The van der Waals surface area contributed by atoms with Crippen molar-refractivity contribution in [3.8, 4) is 22.9 Å². The third-order valence-corrected chi connectivity index (χ3v) is 3.16. The van der Waals surface area contributed by atoms with E-state index in [1.807, 2.05) is 0 Å². The zero-order chi connectivity index (χ0) is 13.5. The molecule has 1 aromatic carbocycles. The van der Waals surface area contributed by atoms with Gasteiger partial charge in [-0.05, 0) is 31.0 Å². The summed E-state index contributed by atoms with van der Waals surface area (Å²) in [5, 5.41) is 6.61. The van der Waals surface area contributed by atoms with Crippen LogP contribution in [-0.2, 0) is 0 Å². The van der Waals surface area contributed by atoms with Crippen LogP contribution in [0.3, 0.4) is 0 Å². The molecule has 0 unspecified atom stereocenters. The molecule has 1 aliphatic heterocycles. The van der Waals surface area contributed by atoms with Gasteiger partial charge in [0.2, 0.25) is 12.6 Å². The van der Waals surface area contributed by atoms with Gasteiger partial charge in [0.05, 0.1) is 0 Å². The van der Waals surface area contributed by atoms with Crippen molar-refractivity contribution >= 4 is 5.91 Å². The van der Waals surface area contributed by atoms with Gasteiger partial charge in [-0.25, -0.2) is 0 Å². The maximum absolute atomic E-state index is 11.8. The summed E-state index contributed by atoms with van der Waals surface area (Å²) in [6, 6.07) is 5.58. The molecule has 1 N–H and O–H groups in total. The van der Waals surface area contributed by atoms with Crippen molar-refractivity contribution in [2.24, 2.45) is 0 Å². The minimum absolute atomic E-state index is 0.0235. The fourth-order valence-corrected chi connectivity index (χ4v) is 1.94. The molecule has 20 heavy (non-hydrogen) atoms. The summed E-state index contributed by atoms with van der Waals surface area (Å²) in [5.74, 6) is 1.32. The van der Waals surface area contributed by atoms with Gasteiger partial charge in [-0.3, -0.25) is 4.79 Å². The van der Waals surface area contributed by atoms with Gasteiger partial charge in [0.15, 0.2) is 11.5 Å². The minimum Gasteiger partial charge on any atom is -0.454 e. The third kappa shape index (κ3) is 1.97. The number of ether oxygens (including phenoxy) is 2. The van der Waals surface area contributed by atoms with E-state index in [2.05, 4.69) is 15.5 Å². The van der Waals surface area contributed by atoms with Crippen LogP contribution in [0, 0.1) is 0 Å². The molecule has 2 aliphatic rings. The van der Waals surface area contributed by atoms with E-state index in [0.29, 0.717) is 22.9 Å². The average molecular weight is 273 g/mol. The first-order valence-corrected chi connectivity index (χ1v) is 6.34. The van der Waals surface area contributed by atoms with Crippen LogP contribution in [0.15, 0.2) is 22.7 Å². The normalized spacial score (nSPS) is 16.2.